The number of aromatic carboxylic acids is 4. The number of hydrazine groups is 2. The predicted molar refractivity (Wildman–Crippen MR) is 238 cm³/mol. The van der Waals surface area contributed by atoms with E-state index in [0.29, 0.717) is 32.3 Å². The average molecular weight is 837 g/mol. The van der Waals surface area contributed by atoms with Crippen molar-refractivity contribution in [3.63, 3.8) is 0 Å². The summed E-state index contributed by atoms with van der Waals surface area (Å²) in [7, 11) is 0. The van der Waals surface area contributed by atoms with Crippen LogP contribution in [0.25, 0.3) is 65.2 Å². The second kappa shape index (κ2) is 19.7. The van der Waals surface area contributed by atoms with Gasteiger partial charge in [-0.2, -0.15) is 0 Å². The molecule has 3 heterocycles. The summed E-state index contributed by atoms with van der Waals surface area (Å²) in [4.78, 5) is 61.6. The molecule has 0 aliphatic carbocycles. The molecule has 0 atom stereocenters. The summed E-state index contributed by atoms with van der Waals surface area (Å²) in [5, 5.41) is 41.7. The highest BCUT2D eigenvalue weighted by atomic mass is 16.4. The number of aromatic amines is 2. The van der Waals surface area contributed by atoms with Crippen molar-refractivity contribution in [3.8, 4) is 0 Å². The first-order chi connectivity index (χ1) is 30.2. The number of fused-ring (bicyclic) bond motifs is 4. The molecule has 7 aromatic carbocycles. The fourth-order valence-electron chi connectivity index (χ4n) is 7.57. The largest absolute Gasteiger partial charge is 0.478 e. The molecule has 16 nitrogen and oxygen atoms in total. The van der Waals surface area contributed by atoms with Gasteiger partial charge in [-0.15, -0.1) is 0 Å². The lowest BCUT2D eigenvalue weighted by molar-refractivity contribution is 0.0681. The van der Waals surface area contributed by atoms with Gasteiger partial charge in [-0.25, -0.2) is 29.1 Å². The number of hydrogen-bond donors (Lipinski definition) is 10. The van der Waals surface area contributed by atoms with Crippen LogP contribution in [0.5, 0.6) is 0 Å². The van der Waals surface area contributed by atoms with E-state index in [1.54, 1.807) is 12.7 Å². The highest BCUT2D eigenvalue weighted by Crippen LogP contribution is 2.44. The second-order valence-corrected chi connectivity index (χ2v) is 14.3. The zero-order valence-corrected chi connectivity index (χ0v) is 33.4. The molecule has 1 fully saturated rings. The maximum atomic E-state index is 11.9. The topological polar surface area (TPSA) is 255 Å². The van der Waals surface area contributed by atoms with Crippen LogP contribution in [-0.2, 0) is 0 Å². The summed E-state index contributed by atoms with van der Waals surface area (Å²) in [6.45, 7) is 4.28. The molecule has 1 saturated heterocycles. The lowest BCUT2D eigenvalue weighted by atomic mass is 9.84. The summed E-state index contributed by atoms with van der Waals surface area (Å²) in [5.41, 5.74) is 16.4. The Hall–Kier alpha value is -7.50. The van der Waals surface area contributed by atoms with Crippen LogP contribution >= 0.6 is 0 Å². The van der Waals surface area contributed by atoms with Crippen LogP contribution < -0.4 is 21.7 Å². The molecule has 316 valence electrons. The molecule has 0 amide bonds. The van der Waals surface area contributed by atoms with Gasteiger partial charge in [-0.1, -0.05) is 48.5 Å². The molecule has 10 rings (SSSR count). The number of carboxylic acids is 4. The molecule has 1 aliphatic heterocycles. The smallest absolute Gasteiger partial charge is 0.336 e. The maximum absolute atomic E-state index is 11.9. The van der Waals surface area contributed by atoms with Crippen LogP contribution in [0.3, 0.4) is 0 Å². The van der Waals surface area contributed by atoms with Crippen LogP contribution in [0.2, 0.25) is 0 Å². The number of nitrogens with zero attached hydrogens (tertiary/aromatic N) is 2. The number of para-hydroxylation sites is 4. The minimum Gasteiger partial charge on any atom is -0.478 e. The zero-order chi connectivity index (χ0) is 43.6. The van der Waals surface area contributed by atoms with Gasteiger partial charge in [-0.3, -0.25) is 21.7 Å². The van der Waals surface area contributed by atoms with Gasteiger partial charge in [0.2, 0.25) is 0 Å². The Morgan fingerprint density at radius 2 is 0.677 bits per heavy atom. The SMILES string of the molecule is C1CCNNCCCCNNC1.O=C(O)c1ccc2c3ccc(C(=O)O)c4c(C(=O)O)ccc(c5ccc(C(=O)O)c1c25)c43.c1ccc2[nH]cnc2c1.c1ccc2[nH]cnc2c1. The van der Waals surface area contributed by atoms with E-state index in [4.69, 9.17) is 0 Å². The molecule has 0 radical (unpaired) electrons. The van der Waals surface area contributed by atoms with Gasteiger partial charge in [0.05, 0.1) is 57.0 Å². The number of aromatic nitrogens is 4. The number of carbonyl (C=O) groups is 4. The predicted octanol–water partition coefficient (Wildman–Crippen LogP) is 7.40. The monoisotopic (exact) mass is 836 g/mol. The molecule has 0 saturated carbocycles. The molecule has 62 heavy (non-hydrogen) atoms. The van der Waals surface area contributed by atoms with Gasteiger partial charge in [0.25, 0.3) is 0 Å². The number of carboxylic acid groups (broad SMARTS) is 4. The van der Waals surface area contributed by atoms with E-state index >= 15 is 0 Å². The van der Waals surface area contributed by atoms with Crippen LogP contribution in [0.4, 0.5) is 0 Å². The van der Waals surface area contributed by atoms with E-state index in [2.05, 4.69) is 41.6 Å². The third-order valence-electron chi connectivity index (χ3n) is 10.4. The first-order valence-corrected chi connectivity index (χ1v) is 20.0. The van der Waals surface area contributed by atoms with Gasteiger partial charge in [0.15, 0.2) is 0 Å². The van der Waals surface area contributed by atoms with Crippen LogP contribution in [0.1, 0.15) is 67.1 Å². The van der Waals surface area contributed by atoms with Crippen molar-refractivity contribution < 1.29 is 39.6 Å². The number of imidazole rings is 2. The summed E-state index contributed by atoms with van der Waals surface area (Å²) in [5.74, 6) is -5.13. The fraction of sp³-hybridized carbons (Fsp3) is 0.174. The van der Waals surface area contributed by atoms with Gasteiger partial charge in [0.1, 0.15) is 0 Å². The Morgan fingerprint density at radius 3 is 0.952 bits per heavy atom. The maximum Gasteiger partial charge on any atom is 0.336 e. The first kappa shape index (κ1) is 42.6. The quantitative estimate of drug-likeness (QED) is 0.0612. The van der Waals surface area contributed by atoms with Crippen LogP contribution in [0.15, 0.2) is 110 Å². The minimum absolute atomic E-state index is 0.0587. The van der Waals surface area contributed by atoms with Crippen molar-refractivity contribution in [1.82, 2.24) is 41.6 Å². The molecule has 2 aromatic heterocycles. The highest BCUT2D eigenvalue weighted by Gasteiger charge is 2.25. The summed E-state index contributed by atoms with van der Waals surface area (Å²) < 4.78 is 0. The van der Waals surface area contributed by atoms with Crippen LogP contribution in [-0.4, -0.2) is 90.4 Å². The Balaban J connectivity index is 0.000000154. The van der Waals surface area contributed by atoms with E-state index in [1.807, 2.05) is 48.5 Å². The van der Waals surface area contributed by atoms with Crippen molar-refractivity contribution in [2.75, 3.05) is 26.2 Å². The molecule has 0 spiro atoms. The molecule has 16 heteroatoms. The molecule has 1 aliphatic rings. The molecule has 0 unspecified atom stereocenters. The van der Waals surface area contributed by atoms with E-state index < -0.39 is 23.9 Å². The summed E-state index contributed by atoms with van der Waals surface area (Å²) >= 11 is 0. The van der Waals surface area contributed by atoms with Crippen molar-refractivity contribution >= 4 is 89.0 Å². The zero-order valence-electron chi connectivity index (χ0n) is 33.4. The van der Waals surface area contributed by atoms with E-state index in [-0.39, 0.29) is 33.0 Å². The van der Waals surface area contributed by atoms with Gasteiger partial charge >= 0.3 is 23.9 Å². The first-order valence-electron chi connectivity index (χ1n) is 20.0. The van der Waals surface area contributed by atoms with E-state index in [1.165, 1.54) is 74.2 Å². The standard InChI is InChI=1S/C24H12O8.C8H20N4.2C7H6N2/c25-21(26)13-5-1-9-10-2-6-15(23(29)30)20-16(24(31)32)8-4-12(18(10)20)11-3-7-14(22(27)28)19(13)17(9)11;1-2-6-10-12-8-4-3-7-11-9-5-1;2*1-2-4-7-6(3-1)8-5-9-7/h1-8H,(H,25,26)(H,27,28)(H,29,30)(H,31,32);9-12H,1-8H2;2*1-5H,(H,8,9). The van der Waals surface area contributed by atoms with Gasteiger partial charge in [0, 0.05) is 37.0 Å². The molecule has 0 bridgehead atoms. The molecule has 9 aromatic rings. The van der Waals surface area contributed by atoms with E-state index in [0.717, 1.165) is 48.2 Å². The number of benzene rings is 7. The third-order valence-corrected chi connectivity index (χ3v) is 10.4. The fourth-order valence-corrected chi connectivity index (χ4v) is 7.57. The van der Waals surface area contributed by atoms with E-state index in [9.17, 15) is 39.6 Å². The third kappa shape index (κ3) is 9.28. The van der Waals surface area contributed by atoms with Crippen molar-refractivity contribution in [1.29, 1.82) is 0 Å². The number of rotatable bonds is 4. The van der Waals surface area contributed by atoms with Crippen LogP contribution in [0, 0.1) is 0 Å². The number of H-pyrrole nitrogens is 2. The second-order valence-electron chi connectivity index (χ2n) is 14.3. The Bertz CT molecular complexity index is 2620. The molecule has 10 N–H and O–H groups in total. The highest BCUT2D eigenvalue weighted by molar-refractivity contribution is 6.38. The number of nitrogens with one attached hydrogen (secondary N) is 6. The normalized spacial score (nSPS) is 13.5. The van der Waals surface area contributed by atoms with Gasteiger partial charge < -0.3 is 30.4 Å². The lowest BCUT2D eigenvalue weighted by Crippen LogP contribution is -2.37. The average Bonchev–Trinajstić information content (AvgIpc) is 3.96. The Kier molecular flexibility index (Phi) is 13.5. The molecular formula is C46H44N8O8. The van der Waals surface area contributed by atoms with Gasteiger partial charge in [-0.05, 0) is 107 Å². The Morgan fingerprint density at radius 1 is 0.387 bits per heavy atom. The summed E-state index contributed by atoms with van der Waals surface area (Å²) in [6.07, 6.45) is 8.29. The van der Waals surface area contributed by atoms with Crippen molar-refractivity contribution in [2.45, 2.75) is 25.7 Å². The lowest BCUT2D eigenvalue weighted by Gasteiger charge is -2.18. The van der Waals surface area contributed by atoms with Crippen molar-refractivity contribution in [3.05, 3.63) is 132 Å². The van der Waals surface area contributed by atoms with Crippen molar-refractivity contribution in [2.24, 2.45) is 0 Å². The number of hydrogen-bond acceptors (Lipinski definition) is 10. The Labute approximate surface area is 353 Å². The minimum atomic E-state index is -1.28. The molecular weight excluding hydrogens is 793 g/mol. The summed E-state index contributed by atoms with van der Waals surface area (Å²) in [6, 6.07) is 27.2.